The molecule has 146 valence electrons. The zero-order valence-corrected chi connectivity index (χ0v) is 17.3. The van der Waals surface area contributed by atoms with E-state index in [1.54, 1.807) is 25.6 Å². The Morgan fingerprint density at radius 1 is 1.28 bits per heavy atom. The Morgan fingerprint density at radius 2 is 2.14 bits per heavy atom. The summed E-state index contributed by atoms with van der Waals surface area (Å²) in [6.07, 6.45) is 3.22. The molecule has 4 rings (SSSR count). The first-order valence-corrected chi connectivity index (χ1v) is 9.83. The number of aliphatic imine (C=N–C) groups is 1. The fraction of sp³-hybridized carbons (Fsp3) is 0.100. The Kier molecular flexibility index (Phi) is 5.37. The third kappa shape index (κ3) is 3.64. The Labute approximate surface area is 176 Å². The van der Waals surface area contributed by atoms with Crippen molar-refractivity contribution in [1.82, 2.24) is 9.97 Å². The number of hydrogen-bond donors (Lipinski definition) is 2. The van der Waals surface area contributed by atoms with Crippen molar-refractivity contribution in [2.24, 2.45) is 9.98 Å². The topological polar surface area (TPSA) is 83.8 Å². The van der Waals surface area contributed by atoms with Crippen LogP contribution in [-0.2, 0) is 0 Å². The Balaban J connectivity index is 1.72. The summed E-state index contributed by atoms with van der Waals surface area (Å²) in [7, 11) is 3.39. The Hall–Kier alpha value is -3.10. The number of nitrogens with one attached hydrogen (secondary N) is 2. The second-order valence-corrected chi connectivity index (χ2v) is 7.32. The number of hydrogen-bond acceptors (Lipinski definition) is 8. The van der Waals surface area contributed by atoms with E-state index in [1.165, 1.54) is 11.9 Å². The van der Waals surface area contributed by atoms with E-state index in [1.807, 2.05) is 31.3 Å². The summed E-state index contributed by atoms with van der Waals surface area (Å²) >= 11 is 7.43. The van der Waals surface area contributed by atoms with Crippen LogP contribution in [0.25, 0.3) is 17.3 Å². The van der Waals surface area contributed by atoms with Gasteiger partial charge in [-0.3, -0.25) is 4.99 Å². The maximum Gasteiger partial charge on any atom is 0.228 e. The molecule has 29 heavy (non-hydrogen) atoms. The third-order valence-electron chi connectivity index (χ3n) is 4.29. The zero-order valence-electron chi connectivity index (χ0n) is 15.7. The number of halogens is 1. The molecule has 2 aromatic heterocycles. The van der Waals surface area contributed by atoms with E-state index < -0.39 is 0 Å². The predicted molar refractivity (Wildman–Crippen MR) is 119 cm³/mol. The number of rotatable bonds is 6. The van der Waals surface area contributed by atoms with Gasteiger partial charge in [-0.1, -0.05) is 23.7 Å². The van der Waals surface area contributed by atoms with Crippen LogP contribution in [0.2, 0.25) is 5.02 Å². The number of pyridine rings is 2. The van der Waals surface area contributed by atoms with Crippen LogP contribution < -0.4 is 25.5 Å². The molecule has 1 aliphatic rings. The molecule has 0 fully saturated rings. The highest BCUT2D eigenvalue weighted by atomic mass is 35.5. The van der Waals surface area contributed by atoms with Crippen molar-refractivity contribution in [3.63, 3.8) is 0 Å². The molecule has 0 saturated carbocycles. The van der Waals surface area contributed by atoms with E-state index in [9.17, 15) is 0 Å². The molecule has 1 aromatic carbocycles. The van der Waals surface area contributed by atoms with Crippen LogP contribution in [-0.4, -0.2) is 30.8 Å². The van der Waals surface area contributed by atoms with Crippen molar-refractivity contribution in [3.05, 3.63) is 52.3 Å². The van der Waals surface area contributed by atoms with Crippen LogP contribution in [0, 0.1) is 0 Å². The molecule has 0 spiro atoms. The van der Waals surface area contributed by atoms with Gasteiger partial charge in [-0.2, -0.15) is 0 Å². The fourth-order valence-electron chi connectivity index (χ4n) is 3.01. The molecule has 0 bridgehead atoms. The minimum atomic E-state index is 0.497. The van der Waals surface area contributed by atoms with E-state index in [0.29, 0.717) is 22.2 Å². The van der Waals surface area contributed by atoms with Crippen molar-refractivity contribution in [2.45, 2.75) is 4.90 Å². The highest BCUT2D eigenvalue weighted by Gasteiger charge is 2.19. The first kappa shape index (κ1) is 19.2. The van der Waals surface area contributed by atoms with Gasteiger partial charge in [0.1, 0.15) is 5.82 Å². The summed E-state index contributed by atoms with van der Waals surface area (Å²) < 4.78 is 8.64. The summed E-state index contributed by atoms with van der Waals surface area (Å²) in [6, 6.07) is 9.77. The smallest absolute Gasteiger partial charge is 0.228 e. The van der Waals surface area contributed by atoms with Gasteiger partial charge in [-0.25, -0.2) is 15.0 Å². The van der Waals surface area contributed by atoms with E-state index >= 15 is 0 Å². The number of nitrogens with zero attached hydrogens (tertiary/aromatic N) is 4. The SMILES string of the molecule is C=N/C=c1/cc2c(nc1NC)=Nc1c(NSc3cc(Cl)cnc3OC)cccc1-2. The molecule has 3 aromatic rings. The van der Waals surface area contributed by atoms with Crippen LogP contribution in [0.5, 0.6) is 5.88 Å². The van der Waals surface area contributed by atoms with E-state index in [4.69, 9.17) is 21.3 Å². The standard InChI is InChI=1S/C20H17ClN6OS/c1-22-9-11-7-14-13-5-4-6-15(17(13)25-19(14)26-18(11)23-2)27-29-16-8-12(21)10-24-20(16)28-3/h4-10,27H,1H2,2-3H3,(H,23,25,26)/b11-9-. The highest BCUT2D eigenvalue weighted by Crippen LogP contribution is 2.40. The summed E-state index contributed by atoms with van der Waals surface area (Å²) in [5, 5.41) is 4.46. The maximum atomic E-state index is 6.07. The van der Waals surface area contributed by atoms with E-state index in [-0.39, 0.29) is 0 Å². The molecule has 1 aliphatic heterocycles. The van der Waals surface area contributed by atoms with Crippen LogP contribution in [0.1, 0.15) is 0 Å². The lowest BCUT2D eigenvalue weighted by Crippen LogP contribution is -2.19. The van der Waals surface area contributed by atoms with Gasteiger partial charge in [0.05, 0.1) is 28.4 Å². The fourth-order valence-corrected chi connectivity index (χ4v) is 4.03. The van der Waals surface area contributed by atoms with Crippen LogP contribution in [0.3, 0.4) is 0 Å². The molecule has 9 heteroatoms. The number of fused-ring (bicyclic) bond motifs is 3. The molecule has 0 saturated heterocycles. The second kappa shape index (κ2) is 8.10. The van der Waals surface area contributed by atoms with Gasteiger partial charge in [0.15, 0.2) is 5.49 Å². The minimum absolute atomic E-state index is 0.497. The van der Waals surface area contributed by atoms with E-state index in [0.717, 1.165) is 32.6 Å². The van der Waals surface area contributed by atoms with Gasteiger partial charge < -0.3 is 14.8 Å². The average molecular weight is 425 g/mol. The van der Waals surface area contributed by atoms with E-state index in [2.05, 4.69) is 31.7 Å². The van der Waals surface area contributed by atoms with Gasteiger partial charge in [0.2, 0.25) is 5.88 Å². The molecule has 7 nitrogen and oxygen atoms in total. The lowest BCUT2D eigenvalue weighted by molar-refractivity contribution is 0.387. The van der Waals surface area contributed by atoms with Crippen LogP contribution in [0.4, 0.5) is 17.2 Å². The minimum Gasteiger partial charge on any atom is -0.480 e. The molecular formula is C20H17ClN6OS. The molecule has 0 aliphatic carbocycles. The molecular weight excluding hydrogens is 408 g/mol. The Morgan fingerprint density at radius 3 is 2.90 bits per heavy atom. The number of para-hydroxylation sites is 1. The molecule has 0 atom stereocenters. The van der Waals surface area contributed by atoms with Gasteiger partial charge in [0, 0.05) is 35.8 Å². The summed E-state index contributed by atoms with van der Waals surface area (Å²) in [6.45, 7) is 3.53. The summed E-state index contributed by atoms with van der Waals surface area (Å²) in [5.74, 6) is 1.20. The maximum absolute atomic E-state index is 6.07. The Bertz CT molecular complexity index is 1230. The zero-order chi connectivity index (χ0) is 20.4. The van der Waals surface area contributed by atoms with Gasteiger partial charge in [0.25, 0.3) is 0 Å². The number of ether oxygens (including phenoxy) is 1. The van der Waals surface area contributed by atoms with Crippen molar-refractivity contribution in [2.75, 3.05) is 24.2 Å². The second-order valence-electron chi connectivity index (χ2n) is 6.04. The number of anilines is 2. The highest BCUT2D eigenvalue weighted by molar-refractivity contribution is 8.00. The quantitative estimate of drug-likeness (QED) is 0.363. The van der Waals surface area contributed by atoms with Crippen molar-refractivity contribution in [3.8, 4) is 17.0 Å². The average Bonchev–Trinajstić information content (AvgIpc) is 3.10. The lowest BCUT2D eigenvalue weighted by atomic mass is 10.1. The molecule has 3 heterocycles. The molecule has 2 N–H and O–H groups in total. The predicted octanol–water partition coefficient (Wildman–Crippen LogP) is 3.67. The first-order valence-electron chi connectivity index (χ1n) is 8.64. The molecule has 0 amide bonds. The van der Waals surface area contributed by atoms with Gasteiger partial charge in [-0.05, 0) is 36.9 Å². The van der Waals surface area contributed by atoms with Gasteiger partial charge >= 0.3 is 0 Å². The van der Waals surface area contributed by atoms with Crippen molar-refractivity contribution < 1.29 is 4.74 Å². The lowest BCUT2D eigenvalue weighted by Gasteiger charge is -2.11. The number of methoxy groups -OCH3 is 1. The summed E-state index contributed by atoms with van der Waals surface area (Å²) in [4.78, 5) is 18.2. The number of aromatic nitrogens is 2. The largest absolute Gasteiger partial charge is 0.480 e. The molecule has 0 radical (unpaired) electrons. The summed E-state index contributed by atoms with van der Waals surface area (Å²) in [5.41, 5.74) is 4.28. The normalized spacial score (nSPS) is 12.0. The van der Waals surface area contributed by atoms with Crippen molar-refractivity contribution in [1.29, 1.82) is 0 Å². The number of benzene rings is 1. The molecule has 0 unspecified atom stereocenters. The van der Waals surface area contributed by atoms with Crippen LogP contribution in [0.15, 0.2) is 51.4 Å². The first-order chi connectivity index (χ1) is 14.1. The van der Waals surface area contributed by atoms with Crippen LogP contribution >= 0.6 is 23.5 Å². The monoisotopic (exact) mass is 424 g/mol. The van der Waals surface area contributed by atoms with Gasteiger partial charge in [-0.15, -0.1) is 0 Å². The third-order valence-corrected chi connectivity index (χ3v) is 5.33. The van der Waals surface area contributed by atoms with Crippen molar-refractivity contribution >= 4 is 53.7 Å².